The molecule has 5 heteroatoms. The summed E-state index contributed by atoms with van der Waals surface area (Å²) in [5.74, 6) is 0. The number of anilines is 2. The van der Waals surface area contributed by atoms with Gasteiger partial charge in [-0.2, -0.15) is 0 Å². The Morgan fingerprint density at radius 1 is 0.962 bits per heavy atom. The van der Waals surface area contributed by atoms with E-state index < -0.39 is 0 Å². The lowest BCUT2D eigenvalue weighted by atomic mass is 10.1. The summed E-state index contributed by atoms with van der Waals surface area (Å²) in [4.78, 5) is 16.9. The van der Waals surface area contributed by atoms with Crippen LogP contribution in [0.2, 0.25) is 0 Å². The third kappa shape index (κ3) is 5.23. The highest BCUT2D eigenvalue weighted by molar-refractivity contribution is 5.89. The molecule has 1 aliphatic heterocycles. The van der Waals surface area contributed by atoms with Gasteiger partial charge in [-0.25, -0.2) is 4.79 Å². The van der Waals surface area contributed by atoms with E-state index in [1.165, 1.54) is 5.69 Å². The highest BCUT2D eigenvalue weighted by atomic mass is 16.2. The number of nitrogens with zero attached hydrogens (tertiary/aromatic N) is 2. The van der Waals surface area contributed by atoms with E-state index in [1.54, 1.807) is 0 Å². The zero-order valence-corrected chi connectivity index (χ0v) is 15.7. The average molecular weight is 352 g/mol. The number of amides is 2. The van der Waals surface area contributed by atoms with Crippen LogP contribution in [0.5, 0.6) is 0 Å². The van der Waals surface area contributed by atoms with Crippen molar-refractivity contribution in [2.45, 2.75) is 13.8 Å². The van der Waals surface area contributed by atoms with Gasteiger partial charge in [-0.05, 0) is 49.2 Å². The van der Waals surface area contributed by atoms with Crippen LogP contribution in [0.1, 0.15) is 11.1 Å². The first-order valence-corrected chi connectivity index (χ1v) is 9.26. The summed E-state index contributed by atoms with van der Waals surface area (Å²) in [6.45, 7) is 9.70. The van der Waals surface area contributed by atoms with E-state index in [-0.39, 0.29) is 6.03 Å². The Labute approximate surface area is 156 Å². The quantitative estimate of drug-likeness (QED) is 0.868. The number of benzene rings is 2. The molecule has 2 aromatic carbocycles. The number of aryl methyl sites for hydroxylation is 2. The Hall–Kier alpha value is -2.53. The van der Waals surface area contributed by atoms with Crippen molar-refractivity contribution in [2.75, 3.05) is 49.5 Å². The normalized spacial score (nSPS) is 14.9. The van der Waals surface area contributed by atoms with Crippen molar-refractivity contribution in [2.24, 2.45) is 0 Å². The molecule has 0 radical (unpaired) electrons. The van der Waals surface area contributed by atoms with E-state index in [0.717, 1.165) is 49.5 Å². The summed E-state index contributed by atoms with van der Waals surface area (Å²) in [5.41, 5.74) is 4.43. The minimum Gasteiger partial charge on any atom is -0.369 e. The van der Waals surface area contributed by atoms with Gasteiger partial charge in [-0.3, -0.25) is 4.90 Å². The fourth-order valence-corrected chi connectivity index (χ4v) is 3.42. The molecule has 0 saturated carbocycles. The van der Waals surface area contributed by atoms with Crippen LogP contribution < -0.4 is 15.5 Å². The summed E-state index contributed by atoms with van der Waals surface area (Å²) in [6, 6.07) is 16.5. The van der Waals surface area contributed by atoms with Crippen molar-refractivity contribution in [3.05, 3.63) is 59.7 Å². The van der Waals surface area contributed by atoms with Crippen molar-refractivity contribution >= 4 is 17.4 Å². The van der Waals surface area contributed by atoms with Gasteiger partial charge in [0.1, 0.15) is 0 Å². The summed E-state index contributed by atoms with van der Waals surface area (Å²) in [7, 11) is 0. The smallest absolute Gasteiger partial charge is 0.319 e. The largest absolute Gasteiger partial charge is 0.369 e. The van der Waals surface area contributed by atoms with E-state index in [0.29, 0.717) is 6.54 Å². The first-order valence-electron chi connectivity index (χ1n) is 9.26. The minimum absolute atomic E-state index is 0.141. The van der Waals surface area contributed by atoms with Gasteiger partial charge in [0.15, 0.2) is 0 Å². The van der Waals surface area contributed by atoms with E-state index in [1.807, 2.05) is 26.0 Å². The Morgan fingerprint density at radius 3 is 2.27 bits per heavy atom. The van der Waals surface area contributed by atoms with Crippen LogP contribution in [0.25, 0.3) is 0 Å². The lowest BCUT2D eigenvalue weighted by Gasteiger charge is -2.36. The van der Waals surface area contributed by atoms with Crippen molar-refractivity contribution < 1.29 is 4.79 Å². The maximum Gasteiger partial charge on any atom is 0.319 e. The number of hydrogen-bond acceptors (Lipinski definition) is 3. The molecular formula is C21H28N4O. The molecule has 0 aliphatic carbocycles. The second kappa shape index (κ2) is 8.72. The number of piperazine rings is 1. The van der Waals surface area contributed by atoms with Crippen LogP contribution in [0.15, 0.2) is 48.5 Å². The number of rotatable bonds is 5. The third-order valence-corrected chi connectivity index (χ3v) is 4.69. The lowest BCUT2D eigenvalue weighted by Crippen LogP contribution is -2.48. The van der Waals surface area contributed by atoms with E-state index >= 15 is 0 Å². The standard InChI is InChI=1S/C21H28N4O/c1-17-14-18(2)16-19(15-17)23-21(26)22-8-9-24-10-12-25(13-11-24)20-6-4-3-5-7-20/h3-7,14-16H,8-13H2,1-2H3,(H2,22,23,26). The molecule has 5 nitrogen and oxygen atoms in total. The first-order chi connectivity index (χ1) is 12.6. The number of para-hydroxylation sites is 1. The highest BCUT2D eigenvalue weighted by Crippen LogP contribution is 2.15. The maximum atomic E-state index is 12.1. The number of carbonyl (C=O) groups is 1. The second-order valence-electron chi connectivity index (χ2n) is 6.92. The average Bonchev–Trinajstić information content (AvgIpc) is 2.62. The molecule has 1 fully saturated rings. The molecule has 0 spiro atoms. The summed E-state index contributed by atoms with van der Waals surface area (Å²) >= 11 is 0. The maximum absolute atomic E-state index is 12.1. The molecule has 0 unspecified atom stereocenters. The van der Waals surface area contributed by atoms with Gasteiger partial charge in [0, 0.05) is 50.6 Å². The highest BCUT2D eigenvalue weighted by Gasteiger charge is 2.16. The number of urea groups is 1. The van der Waals surface area contributed by atoms with Gasteiger partial charge in [-0.15, -0.1) is 0 Å². The van der Waals surface area contributed by atoms with E-state index in [4.69, 9.17) is 0 Å². The summed E-state index contributed by atoms with van der Waals surface area (Å²) in [5, 5.41) is 5.87. The second-order valence-corrected chi connectivity index (χ2v) is 6.92. The molecule has 1 aliphatic rings. The molecule has 0 atom stereocenters. The summed E-state index contributed by atoms with van der Waals surface area (Å²) in [6.07, 6.45) is 0. The molecule has 26 heavy (non-hydrogen) atoms. The topological polar surface area (TPSA) is 47.6 Å². The van der Waals surface area contributed by atoms with Gasteiger partial charge in [0.2, 0.25) is 0 Å². The van der Waals surface area contributed by atoms with Crippen LogP contribution in [-0.2, 0) is 0 Å². The molecule has 2 amide bonds. The fraction of sp³-hybridized carbons (Fsp3) is 0.381. The van der Waals surface area contributed by atoms with Crippen LogP contribution in [0.3, 0.4) is 0 Å². The van der Waals surface area contributed by atoms with Gasteiger partial charge in [-0.1, -0.05) is 24.3 Å². The zero-order chi connectivity index (χ0) is 18.4. The Balaban J connectivity index is 1.37. The fourth-order valence-electron chi connectivity index (χ4n) is 3.42. The summed E-state index contributed by atoms with van der Waals surface area (Å²) < 4.78 is 0. The molecule has 2 N–H and O–H groups in total. The number of carbonyl (C=O) groups excluding carboxylic acids is 1. The Bertz CT molecular complexity index is 704. The molecule has 1 saturated heterocycles. The monoisotopic (exact) mass is 352 g/mol. The molecule has 2 aromatic rings. The molecule has 138 valence electrons. The van der Waals surface area contributed by atoms with Gasteiger partial charge in [0.05, 0.1) is 0 Å². The molecule has 0 aromatic heterocycles. The molecule has 0 bridgehead atoms. The molecule has 1 heterocycles. The van der Waals surface area contributed by atoms with Crippen molar-refractivity contribution in [3.8, 4) is 0 Å². The molecular weight excluding hydrogens is 324 g/mol. The lowest BCUT2D eigenvalue weighted by molar-refractivity contribution is 0.240. The predicted molar refractivity (Wildman–Crippen MR) is 108 cm³/mol. The van der Waals surface area contributed by atoms with Gasteiger partial charge in [0.25, 0.3) is 0 Å². The van der Waals surface area contributed by atoms with Gasteiger partial charge < -0.3 is 15.5 Å². The Morgan fingerprint density at radius 2 is 1.62 bits per heavy atom. The third-order valence-electron chi connectivity index (χ3n) is 4.69. The predicted octanol–water partition coefficient (Wildman–Crippen LogP) is 3.25. The SMILES string of the molecule is Cc1cc(C)cc(NC(=O)NCCN2CCN(c3ccccc3)CC2)c1. The van der Waals surface area contributed by atoms with Crippen molar-refractivity contribution in [3.63, 3.8) is 0 Å². The van der Waals surface area contributed by atoms with Crippen molar-refractivity contribution in [1.82, 2.24) is 10.2 Å². The van der Waals surface area contributed by atoms with E-state index in [2.05, 4.69) is 56.8 Å². The number of hydrogen-bond donors (Lipinski definition) is 2. The van der Waals surface area contributed by atoms with Crippen LogP contribution in [0.4, 0.5) is 16.2 Å². The zero-order valence-electron chi connectivity index (χ0n) is 15.7. The van der Waals surface area contributed by atoms with Crippen LogP contribution in [-0.4, -0.2) is 50.2 Å². The Kier molecular flexibility index (Phi) is 6.12. The molecule has 3 rings (SSSR count). The van der Waals surface area contributed by atoms with Crippen molar-refractivity contribution in [1.29, 1.82) is 0 Å². The van der Waals surface area contributed by atoms with Gasteiger partial charge >= 0.3 is 6.03 Å². The first kappa shape index (κ1) is 18.3. The van der Waals surface area contributed by atoms with Crippen LogP contribution >= 0.6 is 0 Å². The van der Waals surface area contributed by atoms with E-state index in [9.17, 15) is 4.79 Å². The minimum atomic E-state index is -0.141. The number of nitrogens with one attached hydrogen (secondary N) is 2. The van der Waals surface area contributed by atoms with Crippen LogP contribution in [0, 0.1) is 13.8 Å².